The molecule has 0 aliphatic carbocycles. The van der Waals surface area contributed by atoms with E-state index in [9.17, 15) is 116 Å². The number of hydrogen-bond acceptors (Lipinski definition) is 40. The monoisotopic (exact) mass is 1510 g/mol. The Hall–Kier alpha value is -2.65. The molecule has 0 spiro atoms. The normalized spacial score (nSPS) is 37.9. The van der Waals surface area contributed by atoms with E-state index in [0.29, 0.717) is 14.2 Å². The number of carbonyl (C=O) groups is 2. The molecular formula is C37H62O49S7. The van der Waals surface area contributed by atoms with Gasteiger partial charge in [0, 0.05) is 49.8 Å². The highest BCUT2D eigenvalue weighted by Crippen LogP contribution is 2.41. The predicted molar refractivity (Wildman–Crippen MR) is 274 cm³/mol. The zero-order valence-electron chi connectivity index (χ0n) is 47.8. The van der Waals surface area contributed by atoms with Crippen molar-refractivity contribution in [2.75, 3.05) is 69.6 Å². The molecule has 0 bridgehead atoms. The van der Waals surface area contributed by atoms with Crippen molar-refractivity contribution in [3.05, 3.63) is 0 Å². The fourth-order valence-electron chi connectivity index (χ4n) is 10.0. The summed E-state index contributed by atoms with van der Waals surface area (Å²) in [6, 6.07) is 0. The molecule has 10 N–H and O–H groups in total. The molecule has 5 aliphatic heterocycles. The molecule has 0 aromatic heterocycles. The number of carboxylic acids is 2. The van der Waals surface area contributed by atoms with Crippen LogP contribution in [0, 0.1) is 0 Å². The van der Waals surface area contributed by atoms with Crippen LogP contribution < -0.4 is 0 Å². The van der Waals surface area contributed by atoms with Crippen LogP contribution in [0.3, 0.4) is 0 Å². The summed E-state index contributed by atoms with van der Waals surface area (Å²) in [5, 5.41) is 32.0. The van der Waals surface area contributed by atoms with Crippen LogP contribution in [0.5, 0.6) is 0 Å². The standard InChI is InChI=1S/C37H62O49S7/c1-64-14-11(8-71-87(43,44)45)75-34(27(68-5)17(14)65-2)79-20-18(66-3)28(69-6)36(81-24(20)31(38)39)78-16-13(10-73-89(49,50)51)76-37(30(86-93(61,62)63)23(16)84-91(55,56)57)80-21-19(67-4)29(70-7)35(82-25(21)32(40)41)77-15-12(9-72-88(46,47)48)74-33(42)26(85-92(58,59)60)22(15)83-90(52,53)54/h11-30,33-37,42H,8-10H2,1-7H3,(H,38,39)(H,40,41)(H,43,44,45)(H,46,47,48)(H,49,50,51)(H,52,53,54)(H,55,56,57)(H,58,59,60)(H,61,62,63)/t11-,12-,13-,14+,15+,16+,17-,18-,19-,20-,21+,22-,23-,24+,25+,26-,27-,28-,29+,30-,33-,34+,35+,36+,37+/m0/s1. The van der Waals surface area contributed by atoms with Gasteiger partial charge in [0.05, 0.1) is 19.8 Å². The molecule has 0 amide bonds. The lowest BCUT2D eigenvalue weighted by Crippen LogP contribution is -2.70. The Morgan fingerprint density at radius 3 is 0.849 bits per heavy atom. The Labute approximate surface area is 526 Å². The lowest BCUT2D eigenvalue weighted by Gasteiger charge is -2.51. The van der Waals surface area contributed by atoms with Gasteiger partial charge < -0.3 is 91.1 Å². The minimum absolute atomic E-state index is 0.691. The van der Waals surface area contributed by atoms with E-state index in [0.717, 1.165) is 35.5 Å². The largest absolute Gasteiger partial charge is 0.479 e. The Kier molecular flexibility index (Phi) is 28.4. The highest BCUT2D eigenvalue weighted by Gasteiger charge is 2.62. The van der Waals surface area contributed by atoms with Crippen LogP contribution in [0.25, 0.3) is 0 Å². The van der Waals surface area contributed by atoms with Gasteiger partial charge in [0.1, 0.15) is 97.7 Å². The van der Waals surface area contributed by atoms with E-state index in [1.807, 2.05) is 0 Å². The summed E-state index contributed by atoms with van der Waals surface area (Å²) in [7, 11) is -34.3. The van der Waals surface area contributed by atoms with Crippen molar-refractivity contribution in [2.45, 2.75) is 154 Å². The summed E-state index contributed by atoms with van der Waals surface area (Å²) in [5.41, 5.74) is 0. The summed E-state index contributed by atoms with van der Waals surface area (Å²) >= 11 is 0. The summed E-state index contributed by atoms with van der Waals surface area (Å²) < 4.78 is 359. The maximum Gasteiger partial charge on any atom is 0.397 e. The van der Waals surface area contributed by atoms with Crippen molar-refractivity contribution in [3.8, 4) is 0 Å². The molecule has 0 unspecified atom stereocenters. The number of ether oxygens (including phenoxy) is 16. The highest BCUT2D eigenvalue weighted by molar-refractivity contribution is 7.82. The number of aliphatic hydroxyl groups is 1. The van der Waals surface area contributed by atoms with E-state index in [1.165, 1.54) is 0 Å². The van der Waals surface area contributed by atoms with Crippen molar-refractivity contribution in [1.82, 2.24) is 0 Å². The molecule has 5 aliphatic rings. The van der Waals surface area contributed by atoms with Crippen LogP contribution in [0.1, 0.15) is 0 Å². The van der Waals surface area contributed by atoms with Crippen molar-refractivity contribution in [3.63, 3.8) is 0 Å². The average molecular weight is 1520 g/mol. The molecule has 5 heterocycles. The molecule has 5 fully saturated rings. The van der Waals surface area contributed by atoms with Crippen LogP contribution in [0.4, 0.5) is 0 Å². The van der Waals surface area contributed by atoms with Gasteiger partial charge in [-0.05, 0) is 0 Å². The molecule has 25 atom stereocenters. The first-order valence-electron chi connectivity index (χ1n) is 24.9. The molecular weight excluding hydrogens is 1450 g/mol. The smallest absolute Gasteiger partial charge is 0.397 e. The quantitative estimate of drug-likeness (QED) is 0.0268. The number of methoxy groups -OCH3 is 7. The van der Waals surface area contributed by atoms with E-state index >= 15 is 0 Å². The number of rotatable bonds is 34. The number of carboxylic acid groups (broad SMARTS) is 2. The zero-order chi connectivity index (χ0) is 70.5. The SMILES string of the molecule is CO[C@@H]1[C@H](OC)[C@@H](O[C@H]2[C@H](OC)[C@H](OC)[C@H](O[C@H]3[C@H](OS(=O)(=O)O)[C@H](OS(=O)(=O)O)[C@@H](O[C@@H]4[C@H](OC)[C@@H](OC)[C@H](O[C@H]5[C@H](OS(=O)(=O)O)[C@H](OS(=O)(=O)O)[C@@H](O)O[C@H]5COS(=O)(=O)O)O[C@H]4C(=O)O)O[C@H]3COS(=O)(=O)O)O[C@H]2C(=O)O)O[C@@H](COS(=O)(=O)O)[C@H]1OC. The molecule has 0 saturated carbocycles. The molecule has 0 aromatic carbocycles. The van der Waals surface area contributed by atoms with E-state index in [2.05, 4.69) is 20.9 Å². The van der Waals surface area contributed by atoms with Gasteiger partial charge >= 0.3 is 84.7 Å². The van der Waals surface area contributed by atoms with Gasteiger partial charge in [-0.3, -0.25) is 31.9 Å². The summed E-state index contributed by atoms with van der Waals surface area (Å²) in [4.78, 5) is 26.5. The van der Waals surface area contributed by atoms with Gasteiger partial charge in [-0.2, -0.15) is 58.9 Å². The fourth-order valence-corrected chi connectivity index (χ4v) is 12.9. The Morgan fingerprint density at radius 1 is 0.301 bits per heavy atom. The van der Waals surface area contributed by atoms with Crippen molar-refractivity contribution in [2.24, 2.45) is 0 Å². The molecule has 5 saturated heterocycles. The van der Waals surface area contributed by atoms with Crippen LogP contribution in [-0.4, -0.2) is 341 Å². The molecule has 546 valence electrons. The first-order valence-corrected chi connectivity index (χ1v) is 34.5. The second kappa shape index (κ2) is 32.6. The third kappa shape index (κ3) is 22.7. The fraction of sp³-hybridized carbons (Fsp3) is 0.946. The molecule has 49 nitrogen and oxygen atoms in total. The van der Waals surface area contributed by atoms with Crippen LogP contribution in [0.15, 0.2) is 0 Å². The predicted octanol–water partition coefficient (Wildman–Crippen LogP) is -8.37. The molecule has 0 aromatic rings. The van der Waals surface area contributed by atoms with Crippen LogP contribution in [0.2, 0.25) is 0 Å². The Morgan fingerprint density at radius 2 is 0.548 bits per heavy atom. The molecule has 93 heavy (non-hydrogen) atoms. The van der Waals surface area contributed by atoms with Gasteiger partial charge in [-0.25, -0.2) is 38.9 Å². The first kappa shape index (κ1) is 81.0. The van der Waals surface area contributed by atoms with E-state index in [4.69, 9.17) is 84.2 Å². The second-order valence-electron chi connectivity index (χ2n) is 19.1. The maximum absolute atomic E-state index is 13.3. The lowest BCUT2D eigenvalue weighted by atomic mass is 9.94. The number of hydrogen-bond donors (Lipinski definition) is 10. The zero-order valence-corrected chi connectivity index (χ0v) is 53.5. The van der Waals surface area contributed by atoms with Crippen molar-refractivity contribution in [1.29, 1.82) is 0 Å². The maximum atomic E-state index is 13.3. The Bertz CT molecular complexity index is 3320. The van der Waals surface area contributed by atoms with Gasteiger partial charge in [0.2, 0.25) is 0 Å². The number of aliphatic carboxylic acids is 2. The average Bonchev–Trinajstić information content (AvgIpc) is 0.769. The van der Waals surface area contributed by atoms with E-state index in [-0.39, 0.29) is 0 Å². The molecule has 0 radical (unpaired) electrons. The summed E-state index contributed by atoms with van der Waals surface area (Å²) in [6.07, 6.45) is -60.2. The van der Waals surface area contributed by atoms with Gasteiger partial charge in [-0.1, -0.05) is 0 Å². The number of aliphatic hydroxyl groups excluding tert-OH is 1. The van der Waals surface area contributed by atoms with Crippen molar-refractivity contribution < 1.29 is 221 Å². The van der Waals surface area contributed by atoms with Crippen LogP contribution >= 0.6 is 0 Å². The second-order valence-corrected chi connectivity index (χ2v) is 26.5. The van der Waals surface area contributed by atoms with Crippen LogP contribution in [-0.2, 0) is 187 Å². The van der Waals surface area contributed by atoms with Crippen molar-refractivity contribution >= 4 is 84.7 Å². The van der Waals surface area contributed by atoms with E-state index in [1.54, 1.807) is 0 Å². The molecule has 56 heteroatoms. The summed E-state index contributed by atoms with van der Waals surface area (Å²) in [5.74, 6) is -4.31. The molecule has 5 rings (SSSR count). The third-order valence-electron chi connectivity index (χ3n) is 13.4. The third-order valence-corrected chi connectivity index (χ3v) is 16.6. The lowest BCUT2D eigenvalue weighted by molar-refractivity contribution is -0.388. The van der Waals surface area contributed by atoms with Gasteiger partial charge in [0.25, 0.3) is 0 Å². The first-order chi connectivity index (χ1) is 42.7. The van der Waals surface area contributed by atoms with E-state index < -0.39 is 258 Å². The minimum Gasteiger partial charge on any atom is -0.479 e. The Balaban J connectivity index is 1.62. The van der Waals surface area contributed by atoms with Gasteiger partial charge in [0.15, 0.2) is 55.9 Å². The summed E-state index contributed by atoms with van der Waals surface area (Å²) in [6.45, 7) is -4.42. The topological polar surface area (TPSA) is 688 Å². The highest BCUT2D eigenvalue weighted by atomic mass is 32.3. The minimum atomic E-state index is -6.20. The van der Waals surface area contributed by atoms with Gasteiger partial charge in [-0.15, -0.1) is 0 Å².